The summed E-state index contributed by atoms with van der Waals surface area (Å²) in [6.45, 7) is 2.46. The van der Waals surface area contributed by atoms with Crippen LogP contribution in [-0.2, 0) is 27.8 Å². The average Bonchev–Trinajstić information content (AvgIpc) is 2.79. The second-order valence-electron chi connectivity index (χ2n) is 7.11. The van der Waals surface area contributed by atoms with E-state index in [1.807, 2.05) is 37.3 Å². The highest BCUT2D eigenvalue weighted by Crippen LogP contribution is 2.17. The van der Waals surface area contributed by atoms with Crippen molar-refractivity contribution < 1.29 is 22.3 Å². The third-order valence-corrected chi connectivity index (χ3v) is 6.21. The van der Waals surface area contributed by atoms with Gasteiger partial charge in [-0.15, -0.1) is 0 Å². The lowest BCUT2D eigenvalue weighted by Gasteiger charge is -2.19. The predicted molar refractivity (Wildman–Crippen MR) is 120 cm³/mol. The molecule has 8 heteroatoms. The predicted octanol–water partition coefficient (Wildman–Crippen LogP) is 3.43. The molecule has 6 nitrogen and oxygen atoms in total. The molecule has 0 saturated heterocycles. The van der Waals surface area contributed by atoms with E-state index in [9.17, 15) is 17.6 Å². The summed E-state index contributed by atoms with van der Waals surface area (Å²) in [7, 11) is -3.96. The highest BCUT2D eigenvalue weighted by molar-refractivity contribution is 7.89. The highest BCUT2D eigenvalue weighted by Gasteiger charge is 2.26. The zero-order valence-electron chi connectivity index (χ0n) is 17.6. The molecule has 0 unspecified atom stereocenters. The van der Waals surface area contributed by atoms with Gasteiger partial charge in [-0.1, -0.05) is 42.5 Å². The lowest BCUT2D eigenvalue weighted by atomic mass is 10.1. The molecule has 3 aromatic rings. The molecule has 0 saturated carbocycles. The van der Waals surface area contributed by atoms with Crippen LogP contribution in [0, 0.1) is 5.82 Å². The first kappa shape index (κ1) is 23.4. The van der Waals surface area contributed by atoms with E-state index in [0.717, 1.165) is 5.56 Å². The normalized spacial score (nSPS) is 12.2. The van der Waals surface area contributed by atoms with Crippen LogP contribution in [0.5, 0.6) is 5.75 Å². The standard InChI is InChI=1S/C24H25FN2O4S/c1-2-31-21-12-14-22(15-13-21)32(29,30)27-23(16-18-6-4-3-5-7-18)24(28)26-17-19-8-10-20(25)11-9-19/h3-15,23,27H,2,16-17H2,1H3,(H,26,28)/t23-/m1/s1. The largest absolute Gasteiger partial charge is 0.494 e. The van der Waals surface area contributed by atoms with Crippen molar-refractivity contribution in [2.45, 2.75) is 30.8 Å². The summed E-state index contributed by atoms with van der Waals surface area (Å²) in [5.74, 6) is -0.290. The summed E-state index contributed by atoms with van der Waals surface area (Å²) < 4.78 is 46.9. The van der Waals surface area contributed by atoms with Crippen molar-refractivity contribution in [3.05, 3.63) is 95.8 Å². The smallest absolute Gasteiger partial charge is 0.241 e. The molecule has 0 radical (unpaired) electrons. The summed E-state index contributed by atoms with van der Waals surface area (Å²) in [6, 6.07) is 19.8. The molecule has 0 heterocycles. The Morgan fingerprint density at radius 2 is 1.59 bits per heavy atom. The fraction of sp³-hybridized carbons (Fsp3) is 0.208. The molecule has 0 bridgehead atoms. The summed E-state index contributed by atoms with van der Waals surface area (Å²) >= 11 is 0. The minimum atomic E-state index is -3.96. The van der Waals surface area contributed by atoms with Crippen LogP contribution in [-0.4, -0.2) is 27.0 Å². The van der Waals surface area contributed by atoms with Crippen molar-refractivity contribution in [1.82, 2.24) is 10.0 Å². The van der Waals surface area contributed by atoms with E-state index < -0.39 is 22.0 Å². The Balaban J connectivity index is 1.76. The fourth-order valence-electron chi connectivity index (χ4n) is 3.09. The van der Waals surface area contributed by atoms with Crippen molar-refractivity contribution >= 4 is 15.9 Å². The van der Waals surface area contributed by atoms with Gasteiger partial charge in [-0.05, 0) is 60.9 Å². The van der Waals surface area contributed by atoms with E-state index in [2.05, 4.69) is 10.0 Å². The lowest BCUT2D eigenvalue weighted by Crippen LogP contribution is -2.47. The molecule has 3 aromatic carbocycles. The van der Waals surface area contributed by atoms with Crippen LogP contribution in [0.1, 0.15) is 18.1 Å². The van der Waals surface area contributed by atoms with Gasteiger partial charge in [0.15, 0.2) is 0 Å². The number of benzene rings is 3. The van der Waals surface area contributed by atoms with Gasteiger partial charge in [-0.2, -0.15) is 4.72 Å². The van der Waals surface area contributed by atoms with Gasteiger partial charge in [0.2, 0.25) is 15.9 Å². The Morgan fingerprint density at radius 3 is 2.22 bits per heavy atom. The molecule has 1 amide bonds. The van der Waals surface area contributed by atoms with Crippen LogP contribution in [0.25, 0.3) is 0 Å². The molecule has 2 N–H and O–H groups in total. The van der Waals surface area contributed by atoms with Gasteiger partial charge in [0.25, 0.3) is 0 Å². The number of halogens is 1. The second kappa shape index (κ2) is 10.9. The molecular weight excluding hydrogens is 431 g/mol. The van der Waals surface area contributed by atoms with E-state index in [4.69, 9.17) is 4.74 Å². The van der Waals surface area contributed by atoms with Crippen molar-refractivity contribution in [3.8, 4) is 5.75 Å². The number of sulfonamides is 1. The van der Waals surface area contributed by atoms with E-state index in [1.165, 1.54) is 24.3 Å². The third-order valence-electron chi connectivity index (χ3n) is 4.72. The molecule has 1 atom stereocenters. The SMILES string of the molecule is CCOc1ccc(S(=O)(=O)N[C@H](Cc2ccccc2)C(=O)NCc2ccc(F)cc2)cc1. The van der Waals surface area contributed by atoms with Gasteiger partial charge in [0, 0.05) is 6.54 Å². The maximum absolute atomic E-state index is 13.1. The molecule has 0 aliphatic rings. The quantitative estimate of drug-likeness (QED) is 0.490. The maximum Gasteiger partial charge on any atom is 0.241 e. The Morgan fingerprint density at radius 1 is 0.938 bits per heavy atom. The number of carbonyl (C=O) groups excluding carboxylic acids is 1. The number of carbonyl (C=O) groups is 1. The van der Waals surface area contributed by atoms with Crippen LogP contribution in [0.4, 0.5) is 4.39 Å². The Labute approximate surface area is 187 Å². The van der Waals surface area contributed by atoms with Crippen LogP contribution in [0.15, 0.2) is 83.8 Å². The zero-order valence-corrected chi connectivity index (χ0v) is 18.4. The summed E-state index contributed by atoms with van der Waals surface area (Å²) in [5, 5.41) is 2.73. The number of ether oxygens (including phenoxy) is 1. The van der Waals surface area contributed by atoms with Gasteiger partial charge in [0.1, 0.15) is 17.6 Å². The van der Waals surface area contributed by atoms with Crippen molar-refractivity contribution in [2.75, 3.05) is 6.61 Å². The molecular formula is C24H25FN2O4S. The zero-order chi connectivity index (χ0) is 23.0. The van der Waals surface area contributed by atoms with Crippen molar-refractivity contribution in [3.63, 3.8) is 0 Å². The lowest BCUT2D eigenvalue weighted by molar-refractivity contribution is -0.122. The van der Waals surface area contributed by atoms with E-state index in [1.54, 1.807) is 24.3 Å². The van der Waals surface area contributed by atoms with E-state index in [0.29, 0.717) is 17.9 Å². The number of hydrogen-bond acceptors (Lipinski definition) is 4. The second-order valence-corrected chi connectivity index (χ2v) is 8.83. The van der Waals surface area contributed by atoms with Crippen LogP contribution in [0.3, 0.4) is 0 Å². The Hall–Kier alpha value is -3.23. The minimum Gasteiger partial charge on any atom is -0.494 e. The topological polar surface area (TPSA) is 84.5 Å². The van der Waals surface area contributed by atoms with Crippen LogP contribution in [0.2, 0.25) is 0 Å². The molecule has 32 heavy (non-hydrogen) atoms. The first-order chi connectivity index (χ1) is 15.4. The molecule has 3 rings (SSSR count). The van der Waals surface area contributed by atoms with Gasteiger partial charge in [0.05, 0.1) is 11.5 Å². The molecule has 0 fully saturated rings. The van der Waals surface area contributed by atoms with E-state index >= 15 is 0 Å². The van der Waals surface area contributed by atoms with Crippen molar-refractivity contribution in [2.24, 2.45) is 0 Å². The Bertz CT molecular complexity index is 1120. The average molecular weight is 457 g/mol. The summed E-state index contributed by atoms with van der Waals surface area (Å²) in [6.07, 6.45) is 0.173. The van der Waals surface area contributed by atoms with E-state index in [-0.39, 0.29) is 23.7 Å². The van der Waals surface area contributed by atoms with Crippen LogP contribution >= 0.6 is 0 Å². The molecule has 168 valence electrons. The third kappa shape index (κ3) is 6.63. The van der Waals surface area contributed by atoms with Gasteiger partial charge in [-0.3, -0.25) is 4.79 Å². The highest BCUT2D eigenvalue weighted by atomic mass is 32.2. The first-order valence-corrected chi connectivity index (χ1v) is 11.7. The van der Waals surface area contributed by atoms with Crippen molar-refractivity contribution in [1.29, 1.82) is 0 Å². The van der Waals surface area contributed by atoms with Crippen LogP contribution < -0.4 is 14.8 Å². The van der Waals surface area contributed by atoms with Gasteiger partial charge in [-0.25, -0.2) is 12.8 Å². The monoisotopic (exact) mass is 456 g/mol. The molecule has 0 aromatic heterocycles. The fourth-order valence-corrected chi connectivity index (χ4v) is 4.28. The first-order valence-electron chi connectivity index (χ1n) is 10.2. The molecule has 0 spiro atoms. The number of nitrogens with one attached hydrogen (secondary N) is 2. The summed E-state index contributed by atoms with van der Waals surface area (Å²) in [4.78, 5) is 12.9. The summed E-state index contributed by atoms with van der Waals surface area (Å²) in [5.41, 5.74) is 1.51. The number of amides is 1. The maximum atomic E-state index is 13.1. The molecule has 0 aliphatic heterocycles. The minimum absolute atomic E-state index is 0.0327. The number of rotatable bonds is 10. The molecule has 0 aliphatic carbocycles. The Kier molecular flexibility index (Phi) is 7.97. The number of hydrogen-bond donors (Lipinski definition) is 2. The van der Waals surface area contributed by atoms with Gasteiger partial charge >= 0.3 is 0 Å². The van der Waals surface area contributed by atoms with Gasteiger partial charge < -0.3 is 10.1 Å².